The fraction of sp³-hybridized carbons (Fsp3) is 0.0357. The van der Waals surface area contributed by atoms with Gasteiger partial charge in [0.05, 0.1) is 16.7 Å². The number of halogens is 1. The second-order valence-corrected chi connectivity index (χ2v) is 8.93. The Balaban J connectivity index is 1.56. The summed E-state index contributed by atoms with van der Waals surface area (Å²) in [6, 6.07) is 26.8. The third-order valence-electron chi connectivity index (χ3n) is 5.57. The molecule has 0 heterocycles. The first-order chi connectivity index (χ1) is 18.3. The molecule has 0 aliphatic rings. The number of rotatable bonds is 8. The fourth-order valence-corrected chi connectivity index (χ4v) is 4.00. The Kier molecular flexibility index (Phi) is 8.05. The van der Waals surface area contributed by atoms with Gasteiger partial charge in [-0.2, -0.15) is 5.10 Å². The first-order valence-electron chi connectivity index (χ1n) is 11.2. The highest BCUT2D eigenvalue weighted by molar-refractivity contribution is 9.10. The van der Waals surface area contributed by atoms with Crippen LogP contribution in [0.15, 0.2) is 113 Å². The Bertz CT molecular complexity index is 1450. The van der Waals surface area contributed by atoms with Gasteiger partial charge in [0, 0.05) is 22.2 Å². The number of carbonyl (C=O) groups is 2. The number of nitro benzene ring substituents is 1. The number of amides is 1. The molecule has 4 rings (SSSR count). The quantitative estimate of drug-likeness (QED) is 0.101. The topological polar surface area (TPSA) is 131 Å². The number of aliphatic hydroxyl groups is 1. The van der Waals surface area contributed by atoms with E-state index < -0.39 is 22.4 Å². The van der Waals surface area contributed by atoms with Crippen molar-refractivity contribution in [2.24, 2.45) is 5.10 Å². The molecule has 2 N–H and O–H groups in total. The number of hydrogen-bond donors (Lipinski definition) is 2. The van der Waals surface area contributed by atoms with Crippen LogP contribution in [-0.2, 0) is 10.4 Å². The van der Waals surface area contributed by atoms with Crippen LogP contribution in [-0.4, -0.2) is 28.1 Å². The van der Waals surface area contributed by atoms with Gasteiger partial charge >= 0.3 is 5.97 Å². The summed E-state index contributed by atoms with van der Waals surface area (Å²) < 4.78 is 6.13. The molecule has 0 aromatic heterocycles. The molecule has 0 atom stereocenters. The van der Waals surface area contributed by atoms with E-state index in [1.54, 1.807) is 72.8 Å². The number of esters is 1. The zero-order chi connectivity index (χ0) is 27.1. The lowest BCUT2D eigenvalue weighted by molar-refractivity contribution is -0.384. The highest BCUT2D eigenvalue weighted by Crippen LogP contribution is 2.30. The maximum absolute atomic E-state index is 13.2. The minimum atomic E-state index is -2.01. The average Bonchev–Trinajstić information content (AvgIpc) is 2.94. The van der Waals surface area contributed by atoms with Crippen molar-refractivity contribution < 1.29 is 24.4 Å². The molecular weight excluding hydrogens is 554 g/mol. The van der Waals surface area contributed by atoms with Crippen molar-refractivity contribution in [3.8, 4) is 5.75 Å². The maximum Gasteiger partial charge on any atom is 0.343 e. The third-order valence-corrected chi connectivity index (χ3v) is 6.06. The van der Waals surface area contributed by atoms with Crippen LogP contribution in [0.2, 0.25) is 0 Å². The van der Waals surface area contributed by atoms with Crippen LogP contribution in [0.25, 0.3) is 0 Å². The molecule has 38 heavy (non-hydrogen) atoms. The highest BCUT2D eigenvalue weighted by atomic mass is 79.9. The van der Waals surface area contributed by atoms with Gasteiger partial charge in [-0.25, -0.2) is 10.2 Å². The summed E-state index contributed by atoms with van der Waals surface area (Å²) in [4.78, 5) is 36.1. The minimum absolute atomic E-state index is 0.116. The molecule has 0 unspecified atom stereocenters. The van der Waals surface area contributed by atoms with Gasteiger partial charge in [0.15, 0.2) is 5.60 Å². The highest BCUT2D eigenvalue weighted by Gasteiger charge is 2.39. The number of benzene rings is 4. The lowest BCUT2D eigenvalue weighted by Crippen LogP contribution is -2.43. The van der Waals surface area contributed by atoms with Crippen LogP contribution in [0, 0.1) is 10.1 Å². The summed E-state index contributed by atoms with van der Waals surface area (Å²) >= 11 is 3.35. The molecule has 0 aliphatic heterocycles. The number of hydrogen-bond acceptors (Lipinski definition) is 7. The van der Waals surface area contributed by atoms with Crippen molar-refractivity contribution >= 4 is 39.7 Å². The van der Waals surface area contributed by atoms with Crippen molar-refractivity contribution in [1.29, 1.82) is 0 Å². The van der Waals surface area contributed by atoms with Gasteiger partial charge in [-0.3, -0.25) is 14.9 Å². The van der Waals surface area contributed by atoms with Gasteiger partial charge in [0.25, 0.3) is 11.6 Å². The number of nitro groups is 1. The summed E-state index contributed by atoms with van der Waals surface area (Å²) in [5, 5.41) is 26.4. The van der Waals surface area contributed by atoms with Gasteiger partial charge in [-0.05, 0) is 41.5 Å². The first kappa shape index (κ1) is 26.4. The second-order valence-electron chi connectivity index (χ2n) is 8.02. The van der Waals surface area contributed by atoms with Gasteiger partial charge in [0.2, 0.25) is 0 Å². The van der Waals surface area contributed by atoms with Crippen molar-refractivity contribution in [2.75, 3.05) is 0 Å². The summed E-state index contributed by atoms with van der Waals surface area (Å²) in [5.74, 6) is -1.38. The Labute approximate surface area is 225 Å². The van der Waals surface area contributed by atoms with Crippen LogP contribution in [0.3, 0.4) is 0 Å². The van der Waals surface area contributed by atoms with E-state index in [4.69, 9.17) is 4.74 Å². The van der Waals surface area contributed by atoms with E-state index in [1.165, 1.54) is 36.5 Å². The van der Waals surface area contributed by atoms with Crippen LogP contribution in [0.1, 0.15) is 27.0 Å². The molecule has 0 radical (unpaired) electrons. The minimum Gasteiger partial charge on any atom is -0.422 e. The Morgan fingerprint density at radius 3 is 2.05 bits per heavy atom. The standard InChI is InChI=1S/C28H20BrN3O6/c29-23-13-16-25(38-26(33)19-11-14-24(15-12-19)32(36)37)20(17-23)18-30-31-27(34)28(35,21-7-3-1-4-8-21)22-9-5-2-6-10-22/h1-18,35H,(H,31,34)/b30-18+. The number of non-ortho nitro benzene ring substituents is 1. The van der Waals surface area contributed by atoms with E-state index in [2.05, 4.69) is 26.5 Å². The largest absolute Gasteiger partial charge is 0.422 e. The smallest absolute Gasteiger partial charge is 0.343 e. The molecule has 10 heteroatoms. The van der Waals surface area contributed by atoms with Crippen molar-refractivity contribution in [3.63, 3.8) is 0 Å². The molecule has 0 spiro atoms. The lowest BCUT2D eigenvalue weighted by atomic mass is 9.85. The molecule has 4 aromatic carbocycles. The van der Waals surface area contributed by atoms with Crippen molar-refractivity contribution in [1.82, 2.24) is 5.43 Å². The summed E-state index contributed by atoms with van der Waals surface area (Å²) in [6.07, 6.45) is 1.28. The van der Waals surface area contributed by atoms with Crippen LogP contribution < -0.4 is 10.2 Å². The van der Waals surface area contributed by atoms with Gasteiger partial charge in [0.1, 0.15) is 5.75 Å². The molecule has 190 valence electrons. The molecule has 0 aliphatic carbocycles. The summed E-state index contributed by atoms with van der Waals surface area (Å²) in [5.41, 5.74) is 1.40. The zero-order valence-electron chi connectivity index (χ0n) is 19.7. The Hall–Kier alpha value is -4.67. The number of nitrogens with zero attached hydrogens (tertiary/aromatic N) is 2. The third kappa shape index (κ3) is 5.83. The molecule has 4 aromatic rings. The van der Waals surface area contributed by atoms with E-state index in [0.717, 1.165) is 0 Å². The molecule has 0 saturated carbocycles. The van der Waals surface area contributed by atoms with Gasteiger partial charge < -0.3 is 9.84 Å². The first-order valence-corrected chi connectivity index (χ1v) is 12.0. The molecule has 1 amide bonds. The molecule has 0 saturated heterocycles. The average molecular weight is 574 g/mol. The second kappa shape index (κ2) is 11.6. The van der Waals surface area contributed by atoms with Crippen molar-refractivity contribution in [3.05, 3.63) is 140 Å². The molecular formula is C28H20BrN3O6. The van der Waals surface area contributed by atoms with E-state index in [-0.39, 0.29) is 17.0 Å². The molecule has 0 fully saturated rings. The van der Waals surface area contributed by atoms with Crippen LogP contribution in [0.4, 0.5) is 5.69 Å². The van der Waals surface area contributed by atoms with E-state index >= 15 is 0 Å². The molecule has 9 nitrogen and oxygen atoms in total. The van der Waals surface area contributed by atoms with Crippen LogP contribution >= 0.6 is 15.9 Å². The lowest BCUT2D eigenvalue weighted by Gasteiger charge is -2.27. The normalized spacial score (nSPS) is 11.2. The van der Waals surface area contributed by atoms with Crippen molar-refractivity contribution in [2.45, 2.75) is 5.60 Å². The number of hydrazone groups is 1. The van der Waals surface area contributed by atoms with E-state index in [1.807, 2.05) is 0 Å². The van der Waals surface area contributed by atoms with Gasteiger partial charge in [-0.15, -0.1) is 0 Å². The van der Waals surface area contributed by atoms with E-state index in [9.17, 15) is 24.8 Å². The van der Waals surface area contributed by atoms with Crippen LogP contribution in [0.5, 0.6) is 5.75 Å². The number of carbonyl (C=O) groups excluding carboxylic acids is 2. The SMILES string of the molecule is O=C(Oc1ccc(Br)cc1/C=N/NC(=O)C(O)(c1ccccc1)c1ccccc1)c1ccc([N+](=O)[O-])cc1. The summed E-state index contributed by atoms with van der Waals surface area (Å²) in [7, 11) is 0. The van der Waals surface area contributed by atoms with E-state index in [0.29, 0.717) is 21.2 Å². The number of nitrogens with one attached hydrogen (secondary N) is 1. The molecule has 0 bridgehead atoms. The Morgan fingerprint density at radius 2 is 1.50 bits per heavy atom. The fourth-order valence-electron chi connectivity index (χ4n) is 3.62. The number of ether oxygens (including phenoxy) is 1. The maximum atomic E-state index is 13.2. The predicted octanol–water partition coefficient (Wildman–Crippen LogP) is 4.96. The van der Waals surface area contributed by atoms with Gasteiger partial charge in [-0.1, -0.05) is 76.6 Å². The monoisotopic (exact) mass is 573 g/mol. The Morgan fingerprint density at radius 1 is 0.921 bits per heavy atom. The zero-order valence-corrected chi connectivity index (χ0v) is 21.2. The predicted molar refractivity (Wildman–Crippen MR) is 144 cm³/mol. The summed E-state index contributed by atoms with van der Waals surface area (Å²) in [6.45, 7) is 0.